The second-order valence-electron chi connectivity index (χ2n) is 5.62. The van der Waals surface area contributed by atoms with Gasteiger partial charge in [-0.15, -0.1) is 0 Å². The number of carboxylic acid groups (broad SMARTS) is 1. The molecule has 0 atom stereocenters. The number of amides is 1. The normalized spacial score (nSPS) is 21.5. The molecule has 0 saturated heterocycles. The molecule has 0 bridgehead atoms. The molecule has 114 valence electrons. The van der Waals surface area contributed by atoms with Crippen molar-refractivity contribution < 1.29 is 14.7 Å². The molecule has 0 spiro atoms. The van der Waals surface area contributed by atoms with Gasteiger partial charge in [0.25, 0.3) is 5.91 Å². The molecule has 1 fully saturated rings. The minimum absolute atomic E-state index is 0.0423. The number of rotatable bonds is 3. The van der Waals surface area contributed by atoms with E-state index in [0.29, 0.717) is 36.8 Å². The summed E-state index contributed by atoms with van der Waals surface area (Å²) in [6.07, 6.45) is 5.85. The van der Waals surface area contributed by atoms with E-state index in [1.54, 1.807) is 30.6 Å². The highest BCUT2D eigenvalue weighted by Gasteiger charge is 2.26. The fraction of sp³-hybridized carbons (Fsp3) is 0.375. The highest BCUT2D eigenvalue weighted by Crippen LogP contribution is 2.24. The largest absolute Gasteiger partial charge is 0.481 e. The maximum Gasteiger partial charge on any atom is 0.306 e. The summed E-state index contributed by atoms with van der Waals surface area (Å²) in [6, 6.07) is 5.27. The van der Waals surface area contributed by atoms with E-state index >= 15 is 0 Å². The van der Waals surface area contributed by atoms with Crippen LogP contribution in [0.5, 0.6) is 0 Å². The Morgan fingerprint density at radius 2 is 1.73 bits per heavy atom. The lowest BCUT2D eigenvalue weighted by Gasteiger charge is -2.26. The SMILES string of the molecule is O=C(NC1CCC(C(=O)O)CC1)c1ccc2nccnc2c1. The molecule has 2 aromatic rings. The van der Waals surface area contributed by atoms with Crippen LogP contribution in [0.4, 0.5) is 0 Å². The molecule has 1 saturated carbocycles. The molecule has 2 N–H and O–H groups in total. The van der Waals surface area contributed by atoms with Gasteiger partial charge in [0.05, 0.1) is 17.0 Å². The molecular formula is C16H17N3O3. The summed E-state index contributed by atoms with van der Waals surface area (Å²) < 4.78 is 0. The van der Waals surface area contributed by atoms with E-state index in [0.717, 1.165) is 5.52 Å². The summed E-state index contributed by atoms with van der Waals surface area (Å²) in [5.74, 6) is -1.16. The zero-order chi connectivity index (χ0) is 15.5. The smallest absolute Gasteiger partial charge is 0.306 e. The van der Waals surface area contributed by atoms with Gasteiger partial charge in [-0.05, 0) is 43.9 Å². The predicted octanol–water partition coefficient (Wildman–Crippen LogP) is 2.00. The van der Waals surface area contributed by atoms with Gasteiger partial charge in [-0.3, -0.25) is 19.6 Å². The van der Waals surface area contributed by atoms with Gasteiger partial charge in [0, 0.05) is 24.0 Å². The molecule has 3 rings (SSSR count). The van der Waals surface area contributed by atoms with Crippen molar-refractivity contribution in [1.82, 2.24) is 15.3 Å². The van der Waals surface area contributed by atoms with Crippen LogP contribution in [0.2, 0.25) is 0 Å². The number of carbonyl (C=O) groups excluding carboxylic acids is 1. The highest BCUT2D eigenvalue weighted by molar-refractivity contribution is 5.97. The second-order valence-corrected chi connectivity index (χ2v) is 5.62. The van der Waals surface area contributed by atoms with Gasteiger partial charge in [-0.1, -0.05) is 0 Å². The molecule has 22 heavy (non-hydrogen) atoms. The quantitative estimate of drug-likeness (QED) is 0.904. The maximum absolute atomic E-state index is 12.3. The third-order valence-electron chi connectivity index (χ3n) is 4.14. The lowest BCUT2D eigenvalue weighted by Crippen LogP contribution is -2.38. The van der Waals surface area contributed by atoms with E-state index < -0.39 is 5.97 Å². The number of aliphatic carboxylic acids is 1. The first kappa shape index (κ1) is 14.4. The molecule has 1 aliphatic rings. The minimum Gasteiger partial charge on any atom is -0.481 e. The third-order valence-corrected chi connectivity index (χ3v) is 4.14. The molecule has 0 aliphatic heterocycles. The van der Waals surface area contributed by atoms with Crippen LogP contribution in [0.3, 0.4) is 0 Å². The highest BCUT2D eigenvalue weighted by atomic mass is 16.4. The zero-order valence-corrected chi connectivity index (χ0v) is 12.0. The Morgan fingerprint density at radius 3 is 2.41 bits per heavy atom. The van der Waals surface area contributed by atoms with Crippen LogP contribution in [0, 0.1) is 5.92 Å². The molecule has 1 aromatic heterocycles. The zero-order valence-electron chi connectivity index (χ0n) is 12.0. The first-order valence-electron chi connectivity index (χ1n) is 7.38. The number of benzene rings is 1. The lowest BCUT2D eigenvalue weighted by molar-refractivity contribution is -0.142. The van der Waals surface area contributed by atoms with Crippen molar-refractivity contribution in [1.29, 1.82) is 0 Å². The van der Waals surface area contributed by atoms with Crippen LogP contribution in [0.15, 0.2) is 30.6 Å². The number of carbonyl (C=O) groups is 2. The number of fused-ring (bicyclic) bond motifs is 1. The van der Waals surface area contributed by atoms with E-state index in [1.165, 1.54) is 0 Å². The van der Waals surface area contributed by atoms with E-state index in [9.17, 15) is 9.59 Å². The van der Waals surface area contributed by atoms with Crippen molar-refractivity contribution in [2.75, 3.05) is 0 Å². The fourth-order valence-corrected chi connectivity index (χ4v) is 2.86. The van der Waals surface area contributed by atoms with Crippen molar-refractivity contribution in [2.45, 2.75) is 31.7 Å². The van der Waals surface area contributed by atoms with Crippen molar-refractivity contribution in [3.8, 4) is 0 Å². The Hall–Kier alpha value is -2.50. The van der Waals surface area contributed by atoms with Crippen LogP contribution >= 0.6 is 0 Å². The molecule has 0 radical (unpaired) electrons. The Balaban J connectivity index is 1.65. The van der Waals surface area contributed by atoms with Crippen LogP contribution in [0.25, 0.3) is 11.0 Å². The second kappa shape index (κ2) is 6.09. The standard InChI is InChI=1S/C16H17N3O3/c20-15(19-12-4-1-10(2-5-12)16(21)22)11-3-6-13-14(9-11)18-8-7-17-13/h3,6-10,12H,1-2,4-5H2,(H,19,20)(H,21,22). The van der Waals surface area contributed by atoms with Gasteiger partial charge < -0.3 is 10.4 Å². The lowest BCUT2D eigenvalue weighted by atomic mass is 9.86. The predicted molar refractivity (Wildman–Crippen MR) is 80.4 cm³/mol. The number of aromatic nitrogens is 2. The summed E-state index contributed by atoms with van der Waals surface area (Å²) in [6.45, 7) is 0. The van der Waals surface area contributed by atoms with Crippen molar-refractivity contribution in [3.63, 3.8) is 0 Å². The molecule has 1 amide bonds. The van der Waals surface area contributed by atoms with Crippen molar-refractivity contribution in [3.05, 3.63) is 36.2 Å². The fourth-order valence-electron chi connectivity index (χ4n) is 2.86. The Kier molecular flexibility index (Phi) is 4.00. The van der Waals surface area contributed by atoms with Gasteiger partial charge in [0.1, 0.15) is 0 Å². The Bertz CT molecular complexity index is 709. The van der Waals surface area contributed by atoms with Crippen LogP contribution in [-0.4, -0.2) is 33.0 Å². The summed E-state index contributed by atoms with van der Waals surface area (Å²) in [5.41, 5.74) is 1.99. The average Bonchev–Trinajstić information content (AvgIpc) is 2.55. The van der Waals surface area contributed by atoms with Crippen molar-refractivity contribution >= 4 is 22.9 Å². The molecule has 6 heteroatoms. The van der Waals surface area contributed by atoms with Gasteiger partial charge in [-0.2, -0.15) is 0 Å². The molecular weight excluding hydrogens is 282 g/mol. The van der Waals surface area contributed by atoms with Gasteiger partial charge >= 0.3 is 5.97 Å². The number of hydrogen-bond acceptors (Lipinski definition) is 4. The van der Waals surface area contributed by atoms with Crippen LogP contribution in [-0.2, 0) is 4.79 Å². The Morgan fingerprint density at radius 1 is 1.05 bits per heavy atom. The third kappa shape index (κ3) is 3.05. The molecule has 0 unspecified atom stereocenters. The Labute approximate surface area is 127 Å². The molecule has 1 aliphatic carbocycles. The number of carboxylic acids is 1. The first-order valence-corrected chi connectivity index (χ1v) is 7.38. The number of hydrogen-bond donors (Lipinski definition) is 2. The van der Waals surface area contributed by atoms with E-state index in [1.807, 2.05) is 0 Å². The van der Waals surface area contributed by atoms with Crippen molar-refractivity contribution in [2.24, 2.45) is 5.92 Å². The van der Waals surface area contributed by atoms with Gasteiger partial charge in [-0.25, -0.2) is 0 Å². The summed E-state index contributed by atoms with van der Waals surface area (Å²) in [4.78, 5) is 31.6. The van der Waals surface area contributed by atoms with Crippen LogP contribution in [0.1, 0.15) is 36.0 Å². The summed E-state index contributed by atoms with van der Waals surface area (Å²) in [5, 5.41) is 12.0. The summed E-state index contributed by atoms with van der Waals surface area (Å²) >= 11 is 0. The molecule has 6 nitrogen and oxygen atoms in total. The topological polar surface area (TPSA) is 92.2 Å². The molecule has 1 heterocycles. The van der Waals surface area contributed by atoms with Crippen LogP contribution < -0.4 is 5.32 Å². The van der Waals surface area contributed by atoms with Gasteiger partial charge in [0.15, 0.2) is 0 Å². The van der Waals surface area contributed by atoms with E-state index in [-0.39, 0.29) is 17.9 Å². The van der Waals surface area contributed by atoms with Gasteiger partial charge in [0.2, 0.25) is 0 Å². The average molecular weight is 299 g/mol. The van der Waals surface area contributed by atoms with E-state index in [4.69, 9.17) is 5.11 Å². The first-order chi connectivity index (χ1) is 10.6. The minimum atomic E-state index is -0.738. The maximum atomic E-state index is 12.3. The monoisotopic (exact) mass is 299 g/mol. The summed E-state index contributed by atoms with van der Waals surface area (Å²) in [7, 11) is 0. The number of nitrogens with one attached hydrogen (secondary N) is 1. The number of nitrogens with zero attached hydrogens (tertiary/aromatic N) is 2. The van der Waals surface area contributed by atoms with E-state index in [2.05, 4.69) is 15.3 Å². The molecule has 1 aromatic carbocycles.